The van der Waals surface area contributed by atoms with Crippen molar-refractivity contribution in [3.8, 4) is 0 Å². The Morgan fingerprint density at radius 1 is 1.67 bits per heavy atom. The molecule has 2 aliphatic heterocycles. The Labute approximate surface area is 92.6 Å². The van der Waals surface area contributed by atoms with Gasteiger partial charge < -0.3 is 10.4 Å². The van der Waals surface area contributed by atoms with E-state index >= 15 is 0 Å². The molecule has 0 aromatic carbocycles. The zero-order valence-electron chi connectivity index (χ0n) is 8.27. The molecule has 0 spiro atoms. The minimum atomic E-state index is -0.720. The van der Waals surface area contributed by atoms with Crippen LogP contribution in [0.1, 0.15) is 6.42 Å². The van der Waals surface area contributed by atoms with Gasteiger partial charge in [-0.2, -0.15) is 0 Å². The predicted molar refractivity (Wildman–Crippen MR) is 59.6 cm³/mol. The molecule has 4 heteroatoms. The van der Waals surface area contributed by atoms with E-state index in [1.54, 1.807) is 11.8 Å². The molecule has 0 saturated carbocycles. The highest BCUT2D eigenvalue weighted by atomic mass is 32.2. The van der Waals surface area contributed by atoms with Crippen LogP contribution < -0.4 is 5.32 Å². The van der Waals surface area contributed by atoms with Crippen LogP contribution in [0.5, 0.6) is 0 Å². The fourth-order valence-electron chi connectivity index (χ4n) is 2.76. The predicted octanol–water partition coefficient (Wildman–Crippen LogP) is 1.24. The van der Waals surface area contributed by atoms with Gasteiger partial charge >= 0.3 is 5.97 Å². The molecule has 3 unspecified atom stereocenters. The van der Waals surface area contributed by atoms with Gasteiger partial charge in [-0.3, -0.25) is 4.79 Å². The second kappa shape index (κ2) is 3.12. The minimum Gasteiger partial charge on any atom is -0.480 e. The normalized spacial score (nSPS) is 42.3. The molecular formula is C11H13NO2S. The number of nitrogens with one attached hydrogen (secondary N) is 1. The van der Waals surface area contributed by atoms with E-state index in [1.807, 2.05) is 17.6 Å². The van der Waals surface area contributed by atoms with Gasteiger partial charge in [-0.15, -0.1) is 11.8 Å². The third-order valence-corrected chi connectivity index (χ3v) is 4.86. The van der Waals surface area contributed by atoms with Crippen LogP contribution in [-0.2, 0) is 4.79 Å². The van der Waals surface area contributed by atoms with Gasteiger partial charge in [0.15, 0.2) is 0 Å². The second-order valence-corrected chi connectivity index (χ2v) is 5.56. The van der Waals surface area contributed by atoms with Crippen molar-refractivity contribution in [3.63, 3.8) is 0 Å². The Morgan fingerprint density at radius 3 is 3.33 bits per heavy atom. The summed E-state index contributed by atoms with van der Waals surface area (Å²) in [6.07, 6.45) is 4.83. The van der Waals surface area contributed by atoms with Crippen molar-refractivity contribution in [2.75, 3.05) is 13.1 Å². The Kier molecular flexibility index (Phi) is 1.97. The summed E-state index contributed by atoms with van der Waals surface area (Å²) in [6, 6.07) is 0. The largest absolute Gasteiger partial charge is 0.480 e. The number of rotatable bonds is 1. The van der Waals surface area contributed by atoms with Crippen molar-refractivity contribution in [2.24, 2.45) is 11.3 Å². The summed E-state index contributed by atoms with van der Waals surface area (Å²) >= 11 is 1.67. The lowest BCUT2D eigenvalue weighted by Crippen LogP contribution is -2.40. The molecule has 0 bridgehead atoms. The first-order chi connectivity index (χ1) is 7.22. The molecule has 3 nitrogen and oxygen atoms in total. The van der Waals surface area contributed by atoms with Gasteiger partial charge in [-0.05, 0) is 17.7 Å². The van der Waals surface area contributed by atoms with Crippen molar-refractivity contribution in [1.29, 1.82) is 0 Å². The maximum Gasteiger partial charge on any atom is 0.318 e. The summed E-state index contributed by atoms with van der Waals surface area (Å²) in [6.45, 7) is 1.88. The summed E-state index contributed by atoms with van der Waals surface area (Å²) in [4.78, 5) is 11.4. The number of hydrogen-bond acceptors (Lipinski definition) is 3. The fraction of sp³-hybridized carbons (Fsp3) is 0.545. The molecule has 80 valence electrons. The molecular weight excluding hydrogens is 210 g/mol. The first kappa shape index (κ1) is 9.48. The van der Waals surface area contributed by atoms with E-state index in [0.29, 0.717) is 5.92 Å². The monoisotopic (exact) mass is 223 g/mol. The first-order valence-corrected chi connectivity index (χ1v) is 6.15. The summed E-state index contributed by atoms with van der Waals surface area (Å²) in [5, 5.41) is 14.9. The maximum atomic E-state index is 11.4. The lowest BCUT2D eigenvalue weighted by molar-refractivity contribution is -0.143. The molecule has 0 radical (unpaired) electrons. The number of fused-ring (bicyclic) bond motifs is 2. The van der Waals surface area contributed by atoms with Crippen molar-refractivity contribution < 1.29 is 9.90 Å². The Balaban J connectivity index is 2.06. The van der Waals surface area contributed by atoms with Crippen LogP contribution in [0, 0.1) is 11.3 Å². The molecule has 1 fully saturated rings. The lowest BCUT2D eigenvalue weighted by atomic mass is 9.73. The summed E-state index contributed by atoms with van der Waals surface area (Å²) in [5.74, 6) is -0.138. The molecule has 1 saturated heterocycles. The molecule has 3 aliphatic rings. The SMILES string of the molecule is O=C(O)C12C=CSC1CC1CNCC1=C2. The fourth-order valence-corrected chi connectivity index (χ4v) is 4.07. The summed E-state index contributed by atoms with van der Waals surface area (Å²) in [5.41, 5.74) is 0.573. The van der Waals surface area contributed by atoms with E-state index in [1.165, 1.54) is 5.57 Å². The quantitative estimate of drug-likeness (QED) is 0.657. The van der Waals surface area contributed by atoms with Gasteiger partial charge in [-0.1, -0.05) is 17.7 Å². The molecule has 2 N–H and O–H groups in total. The van der Waals surface area contributed by atoms with Crippen molar-refractivity contribution in [1.82, 2.24) is 5.32 Å². The third-order valence-electron chi connectivity index (χ3n) is 3.66. The van der Waals surface area contributed by atoms with Crippen molar-refractivity contribution >= 4 is 17.7 Å². The van der Waals surface area contributed by atoms with E-state index in [9.17, 15) is 9.90 Å². The Hall–Kier alpha value is -0.740. The van der Waals surface area contributed by atoms with E-state index < -0.39 is 11.4 Å². The molecule has 3 rings (SSSR count). The highest BCUT2D eigenvalue weighted by Crippen LogP contribution is 2.50. The third kappa shape index (κ3) is 1.21. The van der Waals surface area contributed by atoms with E-state index in [4.69, 9.17) is 0 Å². The average Bonchev–Trinajstić information content (AvgIpc) is 2.78. The van der Waals surface area contributed by atoms with Gasteiger partial charge in [0, 0.05) is 18.3 Å². The number of carboxylic acids is 1. The van der Waals surface area contributed by atoms with Crippen LogP contribution in [0.2, 0.25) is 0 Å². The van der Waals surface area contributed by atoms with Gasteiger partial charge in [0.1, 0.15) is 5.41 Å². The van der Waals surface area contributed by atoms with Gasteiger partial charge in [0.2, 0.25) is 0 Å². The molecule has 2 heterocycles. The van der Waals surface area contributed by atoms with Crippen LogP contribution in [0.3, 0.4) is 0 Å². The zero-order valence-corrected chi connectivity index (χ0v) is 9.09. The average molecular weight is 223 g/mol. The van der Waals surface area contributed by atoms with Gasteiger partial charge in [0.25, 0.3) is 0 Å². The Morgan fingerprint density at radius 2 is 2.53 bits per heavy atom. The van der Waals surface area contributed by atoms with E-state index in [2.05, 4.69) is 5.32 Å². The number of carbonyl (C=O) groups is 1. The molecule has 3 atom stereocenters. The highest BCUT2D eigenvalue weighted by Gasteiger charge is 2.50. The molecule has 0 aromatic rings. The van der Waals surface area contributed by atoms with Crippen LogP contribution in [-0.4, -0.2) is 29.4 Å². The molecule has 0 amide bonds. The summed E-state index contributed by atoms with van der Waals surface area (Å²) < 4.78 is 0. The number of carboxylic acid groups (broad SMARTS) is 1. The molecule has 0 aromatic heterocycles. The first-order valence-electron chi connectivity index (χ1n) is 5.21. The second-order valence-electron chi connectivity index (χ2n) is 4.45. The molecule has 1 aliphatic carbocycles. The lowest BCUT2D eigenvalue weighted by Gasteiger charge is -2.34. The van der Waals surface area contributed by atoms with Crippen LogP contribution in [0.25, 0.3) is 0 Å². The standard InChI is InChI=1S/C11H13NO2S/c13-10(14)11-1-2-15-9(11)3-7-5-12-6-8(7)4-11/h1-2,4,7,9,12H,3,5-6H2,(H,13,14). The van der Waals surface area contributed by atoms with Crippen LogP contribution in [0.15, 0.2) is 23.1 Å². The smallest absolute Gasteiger partial charge is 0.318 e. The van der Waals surface area contributed by atoms with Crippen molar-refractivity contribution in [2.45, 2.75) is 11.7 Å². The van der Waals surface area contributed by atoms with Crippen LogP contribution in [0.4, 0.5) is 0 Å². The number of thioether (sulfide) groups is 1. The molecule has 15 heavy (non-hydrogen) atoms. The Bertz CT molecular complexity index is 377. The van der Waals surface area contributed by atoms with Crippen molar-refractivity contribution in [3.05, 3.63) is 23.1 Å². The number of hydrogen-bond donors (Lipinski definition) is 2. The van der Waals surface area contributed by atoms with Crippen LogP contribution >= 0.6 is 11.8 Å². The minimum absolute atomic E-state index is 0.198. The van der Waals surface area contributed by atoms with E-state index in [-0.39, 0.29) is 5.25 Å². The van der Waals surface area contributed by atoms with Gasteiger partial charge in [-0.25, -0.2) is 0 Å². The topological polar surface area (TPSA) is 49.3 Å². The zero-order chi connectivity index (χ0) is 10.5. The summed E-state index contributed by atoms with van der Waals surface area (Å²) in [7, 11) is 0. The maximum absolute atomic E-state index is 11.4. The highest BCUT2D eigenvalue weighted by molar-refractivity contribution is 8.03. The number of aliphatic carboxylic acids is 1. The van der Waals surface area contributed by atoms with E-state index in [0.717, 1.165) is 19.5 Å². The van der Waals surface area contributed by atoms with Gasteiger partial charge in [0.05, 0.1) is 0 Å².